The van der Waals surface area contributed by atoms with Gasteiger partial charge in [-0.25, -0.2) is 4.68 Å². The van der Waals surface area contributed by atoms with Gasteiger partial charge in [0.2, 0.25) is 0 Å². The molecule has 0 spiro atoms. The molecule has 0 fully saturated rings. The first-order valence-corrected chi connectivity index (χ1v) is 6.78. The lowest BCUT2D eigenvalue weighted by Gasteiger charge is -2.11. The Morgan fingerprint density at radius 1 is 1.05 bits per heavy atom. The summed E-state index contributed by atoms with van der Waals surface area (Å²) in [5, 5.41) is 14.5. The number of phenols is 1. The maximum absolute atomic E-state index is 9.89. The molecule has 4 heteroatoms. The summed E-state index contributed by atoms with van der Waals surface area (Å²) >= 11 is 0. The molecule has 3 aromatic rings. The van der Waals surface area contributed by atoms with E-state index in [2.05, 4.69) is 5.10 Å². The smallest absolute Gasteiger partial charge is 0.141 e. The zero-order valence-electron chi connectivity index (χ0n) is 12.0. The minimum Gasteiger partial charge on any atom is -0.506 e. The average molecular weight is 279 g/mol. The molecule has 0 aliphatic carbocycles. The maximum Gasteiger partial charge on any atom is 0.141 e. The van der Waals surface area contributed by atoms with E-state index in [1.165, 1.54) is 0 Å². The van der Waals surface area contributed by atoms with Gasteiger partial charge in [0.25, 0.3) is 0 Å². The van der Waals surface area contributed by atoms with Crippen LogP contribution in [0.1, 0.15) is 11.1 Å². The third-order valence-electron chi connectivity index (χ3n) is 3.78. The van der Waals surface area contributed by atoms with Crippen molar-refractivity contribution in [1.82, 2.24) is 9.78 Å². The van der Waals surface area contributed by atoms with E-state index in [0.29, 0.717) is 5.69 Å². The molecule has 21 heavy (non-hydrogen) atoms. The SMILES string of the molecule is Cc1c(-c2ccn(-c3ccccc3)n2)cc(N)c(O)c1C. The summed E-state index contributed by atoms with van der Waals surface area (Å²) in [5.74, 6) is 0.152. The number of aromatic hydroxyl groups is 1. The Morgan fingerprint density at radius 2 is 1.76 bits per heavy atom. The lowest BCUT2D eigenvalue weighted by Crippen LogP contribution is -1.97. The highest BCUT2D eigenvalue weighted by atomic mass is 16.3. The van der Waals surface area contributed by atoms with Gasteiger partial charge in [-0.3, -0.25) is 0 Å². The van der Waals surface area contributed by atoms with Gasteiger partial charge in [-0.2, -0.15) is 5.10 Å². The second-order valence-corrected chi connectivity index (χ2v) is 5.09. The van der Waals surface area contributed by atoms with Gasteiger partial charge < -0.3 is 10.8 Å². The van der Waals surface area contributed by atoms with Crippen molar-refractivity contribution in [1.29, 1.82) is 0 Å². The first kappa shape index (κ1) is 13.2. The van der Waals surface area contributed by atoms with E-state index >= 15 is 0 Å². The molecule has 4 nitrogen and oxygen atoms in total. The highest BCUT2D eigenvalue weighted by Crippen LogP contribution is 2.34. The highest BCUT2D eigenvalue weighted by molar-refractivity contribution is 5.74. The van der Waals surface area contributed by atoms with Gasteiger partial charge in [-0.05, 0) is 49.2 Å². The zero-order chi connectivity index (χ0) is 15.0. The molecule has 106 valence electrons. The molecule has 0 saturated carbocycles. The molecule has 0 bridgehead atoms. The molecule has 0 aliphatic rings. The monoisotopic (exact) mass is 279 g/mol. The molecule has 3 rings (SSSR count). The molecular weight excluding hydrogens is 262 g/mol. The van der Waals surface area contributed by atoms with Gasteiger partial charge in [0, 0.05) is 11.8 Å². The Kier molecular flexibility index (Phi) is 3.14. The van der Waals surface area contributed by atoms with Crippen molar-refractivity contribution in [3.05, 3.63) is 59.8 Å². The minimum atomic E-state index is 0.152. The summed E-state index contributed by atoms with van der Waals surface area (Å²) in [4.78, 5) is 0. The number of para-hydroxylation sites is 1. The van der Waals surface area contributed by atoms with Crippen molar-refractivity contribution in [2.75, 3.05) is 5.73 Å². The quantitative estimate of drug-likeness (QED) is 0.558. The topological polar surface area (TPSA) is 64.1 Å². The predicted molar refractivity (Wildman–Crippen MR) is 84.6 cm³/mol. The molecule has 1 aromatic heterocycles. The largest absolute Gasteiger partial charge is 0.506 e. The Hall–Kier alpha value is -2.75. The van der Waals surface area contributed by atoms with Gasteiger partial charge in [-0.1, -0.05) is 18.2 Å². The number of rotatable bonds is 2. The summed E-state index contributed by atoms with van der Waals surface area (Å²) in [5.41, 5.74) is 10.8. The number of phenolic OH excluding ortho intramolecular Hbond substituents is 1. The van der Waals surface area contributed by atoms with E-state index in [0.717, 1.165) is 28.1 Å². The summed E-state index contributed by atoms with van der Waals surface area (Å²) in [6.07, 6.45) is 1.92. The van der Waals surface area contributed by atoms with Gasteiger partial charge in [0.1, 0.15) is 5.75 Å². The molecule has 2 aromatic carbocycles. The standard InChI is InChI=1S/C17H17N3O/c1-11-12(2)17(21)15(18)10-14(11)16-8-9-20(19-16)13-6-4-3-5-7-13/h3-10,21H,18H2,1-2H3. The zero-order valence-corrected chi connectivity index (χ0v) is 12.0. The van der Waals surface area contributed by atoms with Crippen LogP contribution < -0.4 is 5.73 Å². The van der Waals surface area contributed by atoms with E-state index < -0.39 is 0 Å². The molecule has 0 aliphatic heterocycles. The third kappa shape index (κ3) is 2.25. The lowest BCUT2D eigenvalue weighted by atomic mass is 9.99. The molecule has 0 amide bonds. The van der Waals surface area contributed by atoms with Gasteiger partial charge in [-0.15, -0.1) is 0 Å². The van der Waals surface area contributed by atoms with Gasteiger partial charge in [0.05, 0.1) is 17.1 Å². The second-order valence-electron chi connectivity index (χ2n) is 5.09. The van der Waals surface area contributed by atoms with Crippen LogP contribution in [0.3, 0.4) is 0 Å². The van der Waals surface area contributed by atoms with Crippen LogP contribution in [-0.2, 0) is 0 Å². The number of hydrogen-bond acceptors (Lipinski definition) is 3. The fourth-order valence-corrected chi connectivity index (χ4v) is 2.39. The molecule has 3 N–H and O–H groups in total. The molecule has 0 unspecified atom stereocenters. The van der Waals surface area contributed by atoms with Crippen molar-refractivity contribution in [2.45, 2.75) is 13.8 Å². The second kappa shape index (κ2) is 4.98. The molecule has 1 heterocycles. The number of benzene rings is 2. The molecule has 0 saturated heterocycles. The predicted octanol–water partition coefficient (Wildman–Crippen LogP) is 3.44. The first-order chi connectivity index (χ1) is 10.1. The Labute approximate surface area is 123 Å². The van der Waals surface area contributed by atoms with Crippen molar-refractivity contribution in [2.24, 2.45) is 0 Å². The van der Waals surface area contributed by atoms with Crippen molar-refractivity contribution < 1.29 is 5.11 Å². The van der Waals surface area contributed by atoms with E-state index in [1.54, 1.807) is 6.07 Å². The van der Waals surface area contributed by atoms with Crippen LogP contribution in [-0.4, -0.2) is 14.9 Å². The molecule has 0 radical (unpaired) electrons. The highest BCUT2D eigenvalue weighted by Gasteiger charge is 2.13. The summed E-state index contributed by atoms with van der Waals surface area (Å²) in [7, 11) is 0. The van der Waals surface area contributed by atoms with Crippen LogP contribution in [0.2, 0.25) is 0 Å². The fourth-order valence-electron chi connectivity index (χ4n) is 2.39. The molecule has 0 atom stereocenters. The third-order valence-corrected chi connectivity index (χ3v) is 3.78. The Balaban J connectivity index is 2.09. The van der Waals surface area contributed by atoms with Crippen LogP contribution in [0, 0.1) is 13.8 Å². The fraction of sp³-hybridized carbons (Fsp3) is 0.118. The van der Waals surface area contributed by atoms with Gasteiger partial charge in [0.15, 0.2) is 0 Å². The number of aromatic nitrogens is 2. The van der Waals surface area contributed by atoms with Crippen LogP contribution in [0.15, 0.2) is 48.7 Å². The van der Waals surface area contributed by atoms with Crippen molar-refractivity contribution in [3.63, 3.8) is 0 Å². The maximum atomic E-state index is 9.89. The number of nitrogens with two attached hydrogens (primary N) is 1. The molecular formula is C17H17N3O. The average Bonchev–Trinajstić information content (AvgIpc) is 2.99. The van der Waals surface area contributed by atoms with Gasteiger partial charge >= 0.3 is 0 Å². The first-order valence-electron chi connectivity index (χ1n) is 6.78. The van der Waals surface area contributed by atoms with Crippen molar-refractivity contribution in [3.8, 4) is 22.7 Å². The lowest BCUT2D eigenvalue weighted by molar-refractivity contribution is 0.473. The number of nitrogens with zero attached hydrogens (tertiary/aromatic N) is 2. The van der Waals surface area contributed by atoms with E-state index in [4.69, 9.17) is 5.73 Å². The van der Waals surface area contributed by atoms with Crippen LogP contribution in [0.5, 0.6) is 5.75 Å². The summed E-state index contributed by atoms with van der Waals surface area (Å²) in [6, 6.07) is 13.7. The summed E-state index contributed by atoms with van der Waals surface area (Å²) in [6.45, 7) is 3.82. The normalized spacial score (nSPS) is 10.8. The summed E-state index contributed by atoms with van der Waals surface area (Å²) < 4.78 is 1.83. The number of nitrogen functional groups attached to an aromatic ring is 1. The number of anilines is 1. The van der Waals surface area contributed by atoms with E-state index in [9.17, 15) is 5.11 Å². The van der Waals surface area contributed by atoms with Crippen LogP contribution in [0.4, 0.5) is 5.69 Å². The Bertz CT molecular complexity index is 791. The Morgan fingerprint density at radius 3 is 2.48 bits per heavy atom. The van der Waals surface area contributed by atoms with Crippen LogP contribution >= 0.6 is 0 Å². The minimum absolute atomic E-state index is 0.152. The van der Waals surface area contributed by atoms with E-state index in [-0.39, 0.29) is 5.75 Å². The number of hydrogen-bond donors (Lipinski definition) is 2. The van der Waals surface area contributed by atoms with Crippen LogP contribution in [0.25, 0.3) is 16.9 Å². The van der Waals surface area contributed by atoms with E-state index in [1.807, 2.05) is 61.1 Å². The van der Waals surface area contributed by atoms with Crippen molar-refractivity contribution >= 4 is 5.69 Å².